The summed E-state index contributed by atoms with van der Waals surface area (Å²) in [5, 5.41) is 0. The van der Waals surface area contributed by atoms with E-state index in [1.807, 2.05) is 6.92 Å². The maximum Gasteiger partial charge on any atom is 0.432 e. The lowest BCUT2D eigenvalue weighted by molar-refractivity contribution is -0.199. The van der Waals surface area contributed by atoms with Crippen molar-refractivity contribution in [3.05, 3.63) is 29.8 Å². The molecule has 1 atom stereocenters. The van der Waals surface area contributed by atoms with Crippen molar-refractivity contribution in [2.24, 2.45) is 0 Å². The highest BCUT2D eigenvalue weighted by molar-refractivity contribution is 7.89. The van der Waals surface area contributed by atoms with E-state index in [0.717, 1.165) is 14.8 Å². The summed E-state index contributed by atoms with van der Waals surface area (Å²) >= 11 is 0. The van der Waals surface area contributed by atoms with Crippen LogP contribution in [0.15, 0.2) is 29.2 Å². The number of nitrogens with zero attached hydrogens (tertiary/aromatic N) is 2. The fourth-order valence-electron chi connectivity index (χ4n) is 2.33. The monoisotopic (exact) mass is 394 g/mol. The Bertz CT molecular complexity index is 756. The summed E-state index contributed by atoms with van der Waals surface area (Å²) in [5.41, 5.74) is 0.894. The molecule has 1 aliphatic heterocycles. The topological polar surface area (TPSA) is 84.0 Å². The summed E-state index contributed by atoms with van der Waals surface area (Å²) in [5.74, 6) is 0. The Labute approximate surface area is 148 Å². The largest absolute Gasteiger partial charge is 0.432 e. The molecule has 144 valence electrons. The second-order valence-electron chi connectivity index (χ2n) is 5.69. The van der Waals surface area contributed by atoms with Crippen molar-refractivity contribution >= 4 is 22.4 Å². The van der Waals surface area contributed by atoms with E-state index in [9.17, 15) is 31.2 Å². The van der Waals surface area contributed by atoms with E-state index >= 15 is 0 Å². The zero-order chi connectivity index (χ0) is 19.5. The first-order chi connectivity index (χ1) is 12.1. The van der Waals surface area contributed by atoms with E-state index < -0.39 is 34.7 Å². The van der Waals surface area contributed by atoms with Gasteiger partial charge in [-0.05, 0) is 19.1 Å². The standard InChI is InChI=1S/C15H17F3N2O5S/c1-11-2-4-12(5-3-11)26(23,24)20-8-6-19(7-9-20)14(22)25-13(10-21)15(16,17)18/h2-5,10,13H,6-9H2,1H3. The molecule has 1 amide bonds. The van der Waals surface area contributed by atoms with Crippen LogP contribution in [-0.4, -0.2) is 68.5 Å². The van der Waals surface area contributed by atoms with Crippen molar-refractivity contribution < 1.29 is 35.9 Å². The summed E-state index contributed by atoms with van der Waals surface area (Å²) in [6.07, 6.45) is -9.65. The molecule has 0 radical (unpaired) electrons. The number of carbonyl (C=O) groups excluding carboxylic acids is 2. The first-order valence-electron chi connectivity index (χ1n) is 7.60. The van der Waals surface area contributed by atoms with Crippen LogP contribution in [0.5, 0.6) is 0 Å². The molecule has 0 saturated carbocycles. The van der Waals surface area contributed by atoms with Gasteiger partial charge in [-0.1, -0.05) is 17.7 Å². The minimum Gasteiger partial charge on any atom is -0.429 e. The lowest BCUT2D eigenvalue weighted by Crippen LogP contribution is -2.51. The first kappa shape index (κ1) is 20.2. The Morgan fingerprint density at radius 2 is 1.69 bits per heavy atom. The second-order valence-corrected chi connectivity index (χ2v) is 7.62. The van der Waals surface area contributed by atoms with Gasteiger partial charge >= 0.3 is 12.3 Å². The van der Waals surface area contributed by atoms with E-state index in [1.165, 1.54) is 12.1 Å². The third-order valence-electron chi connectivity index (χ3n) is 3.83. The van der Waals surface area contributed by atoms with Crippen LogP contribution in [-0.2, 0) is 19.6 Å². The minimum atomic E-state index is -4.99. The number of rotatable bonds is 4. The number of piperazine rings is 1. The normalized spacial score (nSPS) is 17.6. The van der Waals surface area contributed by atoms with E-state index in [2.05, 4.69) is 4.74 Å². The zero-order valence-corrected chi connectivity index (χ0v) is 14.6. The van der Waals surface area contributed by atoms with Gasteiger partial charge in [-0.15, -0.1) is 0 Å². The lowest BCUT2D eigenvalue weighted by Gasteiger charge is -2.33. The molecule has 0 bridgehead atoms. The number of alkyl halides is 3. The molecule has 26 heavy (non-hydrogen) atoms. The van der Waals surface area contributed by atoms with Crippen molar-refractivity contribution in [3.8, 4) is 0 Å². The van der Waals surface area contributed by atoms with Gasteiger partial charge in [0.2, 0.25) is 10.0 Å². The quantitative estimate of drug-likeness (QED) is 0.724. The molecular weight excluding hydrogens is 377 g/mol. The SMILES string of the molecule is Cc1ccc(S(=O)(=O)N2CCN(C(=O)OC(C=O)C(F)(F)F)CC2)cc1. The molecule has 1 aromatic carbocycles. The fraction of sp³-hybridized carbons (Fsp3) is 0.467. The number of hydrogen-bond donors (Lipinski definition) is 0. The zero-order valence-electron chi connectivity index (χ0n) is 13.8. The van der Waals surface area contributed by atoms with Gasteiger partial charge < -0.3 is 9.64 Å². The maximum atomic E-state index is 12.5. The van der Waals surface area contributed by atoms with Crippen molar-refractivity contribution in [2.45, 2.75) is 24.1 Å². The van der Waals surface area contributed by atoms with Crippen LogP contribution in [0.4, 0.5) is 18.0 Å². The van der Waals surface area contributed by atoms with Gasteiger partial charge in [0, 0.05) is 26.2 Å². The van der Waals surface area contributed by atoms with Crippen molar-refractivity contribution in [2.75, 3.05) is 26.2 Å². The molecule has 1 fully saturated rings. The Morgan fingerprint density at radius 1 is 1.15 bits per heavy atom. The number of benzene rings is 1. The van der Waals surface area contributed by atoms with Crippen LogP contribution >= 0.6 is 0 Å². The molecule has 1 aromatic rings. The molecule has 1 aliphatic rings. The molecule has 11 heteroatoms. The van der Waals surface area contributed by atoms with Crippen LogP contribution < -0.4 is 0 Å². The van der Waals surface area contributed by atoms with Crippen molar-refractivity contribution in [1.29, 1.82) is 0 Å². The summed E-state index contributed by atoms with van der Waals surface area (Å²) in [6, 6.07) is 6.22. The lowest BCUT2D eigenvalue weighted by atomic mass is 10.2. The summed E-state index contributed by atoms with van der Waals surface area (Å²) < 4.78 is 67.7. The van der Waals surface area contributed by atoms with E-state index in [1.54, 1.807) is 12.1 Å². The molecule has 0 spiro atoms. The highest BCUT2D eigenvalue weighted by Crippen LogP contribution is 2.23. The maximum absolute atomic E-state index is 12.5. The van der Waals surface area contributed by atoms with Gasteiger partial charge in [0.05, 0.1) is 4.90 Å². The highest BCUT2D eigenvalue weighted by atomic mass is 32.2. The molecule has 0 aliphatic carbocycles. The Hall–Kier alpha value is -2.14. The molecular formula is C15H17F3N2O5S. The van der Waals surface area contributed by atoms with Crippen LogP contribution in [0, 0.1) is 6.92 Å². The van der Waals surface area contributed by atoms with Crippen LogP contribution in [0.25, 0.3) is 0 Å². The molecule has 1 unspecified atom stereocenters. The molecule has 2 rings (SSSR count). The molecule has 0 N–H and O–H groups in total. The number of sulfonamides is 1. The Balaban J connectivity index is 1.99. The van der Waals surface area contributed by atoms with Gasteiger partial charge in [0.15, 0.2) is 6.29 Å². The van der Waals surface area contributed by atoms with Crippen LogP contribution in [0.1, 0.15) is 5.56 Å². The molecule has 1 heterocycles. The predicted molar refractivity (Wildman–Crippen MR) is 83.9 cm³/mol. The summed E-state index contributed by atoms with van der Waals surface area (Å²) in [6.45, 7) is 1.33. The summed E-state index contributed by atoms with van der Waals surface area (Å²) in [4.78, 5) is 23.2. The van der Waals surface area contributed by atoms with Gasteiger partial charge in [-0.3, -0.25) is 4.79 Å². The Morgan fingerprint density at radius 3 is 2.15 bits per heavy atom. The fourth-order valence-corrected chi connectivity index (χ4v) is 3.75. The number of carbonyl (C=O) groups is 2. The Kier molecular flexibility index (Phi) is 5.91. The van der Waals surface area contributed by atoms with Gasteiger partial charge in [-0.2, -0.15) is 17.5 Å². The minimum absolute atomic E-state index is 0.0942. The summed E-state index contributed by atoms with van der Waals surface area (Å²) in [7, 11) is -3.76. The number of halogens is 3. The predicted octanol–water partition coefficient (Wildman–Crippen LogP) is 1.57. The van der Waals surface area contributed by atoms with Gasteiger partial charge in [-0.25, -0.2) is 13.2 Å². The van der Waals surface area contributed by atoms with E-state index in [4.69, 9.17) is 0 Å². The highest BCUT2D eigenvalue weighted by Gasteiger charge is 2.44. The van der Waals surface area contributed by atoms with Crippen molar-refractivity contribution in [3.63, 3.8) is 0 Å². The third kappa shape index (κ3) is 4.52. The average Bonchev–Trinajstić information content (AvgIpc) is 2.59. The van der Waals surface area contributed by atoms with Crippen LogP contribution in [0.3, 0.4) is 0 Å². The number of aryl methyl sites for hydroxylation is 1. The van der Waals surface area contributed by atoms with Gasteiger partial charge in [0.1, 0.15) is 0 Å². The van der Waals surface area contributed by atoms with E-state index in [-0.39, 0.29) is 31.1 Å². The molecule has 1 saturated heterocycles. The number of aldehydes is 1. The second kappa shape index (κ2) is 7.62. The smallest absolute Gasteiger partial charge is 0.429 e. The molecule has 0 aromatic heterocycles. The van der Waals surface area contributed by atoms with E-state index in [0.29, 0.717) is 0 Å². The van der Waals surface area contributed by atoms with Gasteiger partial charge in [0.25, 0.3) is 6.10 Å². The van der Waals surface area contributed by atoms with Crippen molar-refractivity contribution in [1.82, 2.24) is 9.21 Å². The number of amides is 1. The number of hydrogen-bond acceptors (Lipinski definition) is 5. The average molecular weight is 394 g/mol. The van der Waals surface area contributed by atoms with Crippen LogP contribution in [0.2, 0.25) is 0 Å². The third-order valence-corrected chi connectivity index (χ3v) is 5.74. The number of ether oxygens (including phenoxy) is 1. The molecule has 7 nitrogen and oxygen atoms in total. The first-order valence-corrected chi connectivity index (χ1v) is 9.04.